The van der Waals surface area contributed by atoms with Gasteiger partial charge in [-0.15, -0.1) is 0 Å². The average Bonchev–Trinajstić information content (AvgIpc) is 2.58. The first kappa shape index (κ1) is 19.7. The quantitative estimate of drug-likeness (QED) is 0.825. The molecule has 2 rings (SSSR count). The molecule has 0 aliphatic carbocycles. The third-order valence-corrected chi connectivity index (χ3v) is 5.16. The molecular formula is C20H32FN3O. The van der Waals surface area contributed by atoms with Crippen LogP contribution in [-0.4, -0.2) is 43.2 Å². The number of hydrogen-bond acceptors (Lipinski definition) is 2. The number of hydrogen-bond donors (Lipinski definition) is 2. The number of rotatable bonds is 6. The zero-order valence-corrected chi connectivity index (χ0v) is 15.9. The molecule has 4 nitrogen and oxygen atoms in total. The molecule has 0 aromatic heterocycles. The van der Waals surface area contributed by atoms with Gasteiger partial charge in [0.15, 0.2) is 0 Å². The standard InChI is InChI=1S/C20H32FN3O/c1-15-8-7-11-24(13-15)16(2)12-22-19(25)23-14-20(3,4)17-9-5-6-10-18(17)21/h5-6,9-10,15-16H,7-8,11-14H2,1-4H3,(H2,22,23,25). The first-order valence-corrected chi connectivity index (χ1v) is 9.30. The number of nitrogens with one attached hydrogen (secondary N) is 2. The van der Waals surface area contributed by atoms with Crippen molar-refractivity contribution in [1.82, 2.24) is 15.5 Å². The SMILES string of the molecule is CC1CCCN(C(C)CNC(=O)NCC(C)(C)c2ccccc2F)C1. The number of likely N-dealkylation sites (tertiary alicyclic amines) is 1. The van der Waals surface area contributed by atoms with Crippen LogP contribution in [0.4, 0.5) is 9.18 Å². The zero-order chi connectivity index (χ0) is 18.4. The molecule has 0 radical (unpaired) electrons. The number of carbonyl (C=O) groups excluding carboxylic acids is 1. The lowest BCUT2D eigenvalue weighted by molar-refractivity contribution is 0.137. The second-order valence-corrected chi connectivity index (χ2v) is 8.02. The van der Waals surface area contributed by atoms with Crippen LogP contribution in [-0.2, 0) is 5.41 Å². The van der Waals surface area contributed by atoms with Crippen molar-refractivity contribution < 1.29 is 9.18 Å². The molecule has 1 aliphatic heterocycles. The highest BCUT2D eigenvalue weighted by Crippen LogP contribution is 2.24. The van der Waals surface area contributed by atoms with Gasteiger partial charge in [0.25, 0.3) is 0 Å². The Labute approximate surface area is 151 Å². The maximum absolute atomic E-state index is 14.0. The summed E-state index contributed by atoms with van der Waals surface area (Å²) in [7, 11) is 0. The van der Waals surface area contributed by atoms with Crippen LogP contribution in [0.5, 0.6) is 0 Å². The highest BCUT2D eigenvalue weighted by molar-refractivity contribution is 5.74. The molecule has 25 heavy (non-hydrogen) atoms. The van der Waals surface area contributed by atoms with Gasteiger partial charge in [0.2, 0.25) is 0 Å². The van der Waals surface area contributed by atoms with Crippen LogP contribution in [0.2, 0.25) is 0 Å². The van der Waals surface area contributed by atoms with Crippen LogP contribution in [0.3, 0.4) is 0 Å². The van der Waals surface area contributed by atoms with Crippen LogP contribution >= 0.6 is 0 Å². The summed E-state index contributed by atoms with van der Waals surface area (Å²) in [5, 5.41) is 5.83. The van der Waals surface area contributed by atoms with Gasteiger partial charge >= 0.3 is 6.03 Å². The fourth-order valence-electron chi connectivity index (χ4n) is 3.46. The van der Waals surface area contributed by atoms with Crippen LogP contribution in [0.15, 0.2) is 24.3 Å². The third-order valence-electron chi connectivity index (χ3n) is 5.16. The number of urea groups is 1. The predicted octanol–water partition coefficient (Wildman–Crippen LogP) is 3.52. The van der Waals surface area contributed by atoms with Crippen molar-refractivity contribution in [3.8, 4) is 0 Å². The van der Waals surface area contributed by atoms with E-state index in [9.17, 15) is 9.18 Å². The average molecular weight is 349 g/mol. The lowest BCUT2D eigenvalue weighted by Gasteiger charge is -2.35. The molecule has 1 heterocycles. The molecule has 2 amide bonds. The molecule has 2 N–H and O–H groups in total. The molecule has 1 aromatic carbocycles. The minimum Gasteiger partial charge on any atom is -0.337 e. The summed E-state index contributed by atoms with van der Waals surface area (Å²) in [5.41, 5.74) is 0.155. The first-order valence-electron chi connectivity index (χ1n) is 9.30. The Bertz CT molecular complexity index is 576. The first-order chi connectivity index (χ1) is 11.8. The Morgan fingerprint density at radius 3 is 2.76 bits per heavy atom. The summed E-state index contributed by atoms with van der Waals surface area (Å²) in [6, 6.07) is 6.86. The van der Waals surface area contributed by atoms with Crippen molar-refractivity contribution in [2.75, 3.05) is 26.2 Å². The molecule has 0 bridgehead atoms. The van der Waals surface area contributed by atoms with Crippen LogP contribution < -0.4 is 10.6 Å². The minimum atomic E-state index is -0.462. The molecule has 2 atom stereocenters. The van der Waals surface area contributed by atoms with Crippen LogP contribution in [0.25, 0.3) is 0 Å². The second kappa shape index (κ2) is 8.65. The molecular weight excluding hydrogens is 317 g/mol. The van der Waals surface area contributed by atoms with E-state index >= 15 is 0 Å². The van der Waals surface area contributed by atoms with Gasteiger partial charge in [0.1, 0.15) is 5.82 Å². The van der Waals surface area contributed by atoms with Crippen molar-refractivity contribution in [1.29, 1.82) is 0 Å². The van der Waals surface area contributed by atoms with Gasteiger partial charge in [-0.1, -0.05) is 39.0 Å². The smallest absolute Gasteiger partial charge is 0.314 e. The largest absolute Gasteiger partial charge is 0.337 e. The van der Waals surface area contributed by atoms with E-state index in [1.165, 1.54) is 18.9 Å². The molecule has 1 aliphatic rings. The van der Waals surface area contributed by atoms with Gasteiger partial charge in [0, 0.05) is 31.1 Å². The number of amides is 2. The minimum absolute atomic E-state index is 0.193. The number of piperidine rings is 1. The second-order valence-electron chi connectivity index (χ2n) is 8.02. The fourth-order valence-corrected chi connectivity index (χ4v) is 3.46. The Hall–Kier alpha value is -1.62. The summed E-state index contributed by atoms with van der Waals surface area (Å²) in [4.78, 5) is 14.6. The fraction of sp³-hybridized carbons (Fsp3) is 0.650. The van der Waals surface area contributed by atoms with Crippen LogP contribution in [0, 0.1) is 11.7 Å². The maximum atomic E-state index is 14.0. The van der Waals surface area contributed by atoms with Crippen LogP contribution in [0.1, 0.15) is 46.1 Å². The van der Waals surface area contributed by atoms with E-state index in [4.69, 9.17) is 0 Å². The summed E-state index contributed by atoms with van der Waals surface area (Å²) >= 11 is 0. The van der Waals surface area contributed by atoms with Gasteiger partial charge in [-0.2, -0.15) is 0 Å². The van der Waals surface area contributed by atoms with Crippen molar-refractivity contribution in [3.63, 3.8) is 0 Å². The van der Waals surface area contributed by atoms with Crippen molar-refractivity contribution in [2.45, 2.75) is 52.0 Å². The molecule has 1 saturated heterocycles. The zero-order valence-electron chi connectivity index (χ0n) is 15.9. The molecule has 0 saturated carbocycles. The third kappa shape index (κ3) is 5.70. The molecule has 1 fully saturated rings. The molecule has 2 unspecified atom stereocenters. The monoisotopic (exact) mass is 349 g/mol. The van der Waals surface area contributed by atoms with Gasteiger partial charge in [-0.05, 0) is 43.9 Å². The van der Waals surface area contributed by atoms with Gasteiger partial charge < -0.3 is 10.6 Å². The number of benzene rings is 1. The molecule has 140 valence electrons. The van der Waals surface area contributed by atoms with Gasteiger partial charge in [-0.25, -0.2) is 9.18 Å². The summed E-state index contributed by atoms with van der Waals surface area (Å²) in [5.74, 6) is 0.495. The summed E-state index contributed by atoms with van der Waals surface area (Å²) in [6.07, 6.45) is 2.52. The van der Waals surface area contributed by atoms with E-state index < -0.39 is 5.41 Å². The van der Waals surface area contributed by atoms with Crippen molar-refractivity contribution in [2.24, 2.45) is 5.92 Å². The molecule has 1 aromatic rings. The van der Waals surface area contributed by atoms with E-state index in [-0.39, 0.29) is 11.8 Å². The van der Waals surface area contributed by atoms with Gasteiger partial charge in [0.05, 0.1) is 0 Å². The maximum Gasteiger partial charge on any atom is 0.314 e. The van der Waals surface area contributed by atoms with E-state index in [2.05, 4.69) is 29.4 Å². The van der Waals surface area contributed by atoms with Crippen molar-refractivity contribution >= 4 is 6.03 Å². The number of carbonyl (C=O) groups is 1. The molecule has 0 spiro atoms. The molecule has 5 heteroatoms. The Balaban J connectivity index is 1.77. The highest BCUT2D eigenvalue weighted by Gasteiger charge is 2.25. The lowest BCUT2D eigenvalue weighted by Crippen LogP contribution is -2.49. The van der Waals surface area contributed by atoms with E-state index in [1.807, 2.05) is 19.9 Å². The highest BCUT2D eigenvalue weighted by atomic mass is 19.1. The Morgan fingerprint density at radius 1 is 1.36 bits per heavy atom. The van der Waals surface area contributed by atoms with E-state index in [0.717, 1.165) is 19.0 Å². The Morgan fingerprint density at radius 2 is 2.08 bits per heavy atom. The van der Waals surface area contributed by atoms with Crippen molar-refractivity contribution in [3.05, 3.63) is 35.6 Å². The number of halogens is 1. The summed E-state index contributed by atoms with van der Waals surface area (Å²) < 4.78 is 14.0. The van der Waals surface area contributed by atoms with Gasteiger partial charge in [-0.3, -0.25) is 4.90 Å². The Kier molecular flexibility index (Phi) is 6.82. The lowest BCUT2D eigenvalue weighted by atomic mass is 9.84. The van der Waals surface area contributed by atoms with E-state index in [1.54, 1.807) is 12.1 Å². The van der Waals surface area contributed by atoms with E-state index in [0.29, 0.717) is 24.7 Å². The normalized spacial score (nSPS) is 20.1. The predicted molar refractivity (Wildman–Crippen MR) is 100 cm³/mol. The number of nitrogens with zero attached hydrogens (tertiary/aromatic N) is 1. The topological polar surface area (TPSA) is 44.4 Å². The summed E-state index contributed by atoms with van der Waals surface area (Å²) in [6.45, 7) is 11.5.